The van der Waals surface area contributed by atoms with Gasteiger partial charge in [0.15, 0.2) is 0 Å². The van der Waals surface area contributed by atoms with Crippen molar-refractivity contribution in [2.24, 2.45) is 0 Å². The molecule has 3 aromatic rings. The third-order valence-corrected chi connectivity index (χ3v) is 6.45. The molecule has 0 saturated carbocycles. The molecule has 0 aliphatic carbocycles. The van der Waals surface area contributed by atoms with Gasteiger partial charge in [0.1, 0.15) is 12.4 Å². The number of amides is 1. The number of para-hydroxylation sites is 2. The molecule has 0 unspecified atom stereocenters. The van der Waals surface area contributed by atoms with Crippen LogP contribution in [0, 0.1) is 6.92 Å². The summed E-state index contributed by atoms with van der Waals surface area (Å²) in [6, 6.07) is 22.2. The highest BCUT2D eigenvalue weighted by atomic mass is 32.2. The fraction of sp³-hybridized carbons (Fsp3) is 0.269. The first kappa shape index (κ1) is 24.3. The predicted octanol–water partition coefficient (Wildman–Crippen LogP) is 4.33. The van der Waals surface area contributed by atoms with Crippen molar-refractivity contribution >= 4 is 21.6 Å². The van der Waals surface area contributed by atoms with Crippen LogP contribution in [0.5, 0.6) is 5.75 Å². The molecule has 6 nitrogen and oxygen atoms in total. The Bertz CT molecular complexity index is 1190. The van der Waals surface area contributed by atoms with E-state index in [1.54, 1.807) is 24.3 Å². The molecule has 0 aliphatic heterocycles. The first-order chi connectivity index (χ1) is 15.8. The SMILES string of the molecule is CCc1ccccc1N(Cc1ccc(C(=O)NCCOc2ccccc2C)cc1)S(C)(=O)=O. The Morgan fingerprint density at radius 1 is 0.970 bits per heavy atom. The Kier molecular flexibility index (Phi) is 8.11. The molecule has 0 fully saturated rings. The highest BCUT2D eigenvalue weighted by Gasteiger charge is 2.20. The van der Waals surface area contributed by atoms with Gasteiger partial charge in [-0.05, 0) is 54.3 Å². The Labute approximate surface area is 196 Å². The van der Waals surface area contributed by atoms with Crippen molar-refractivity contribution < 1.29 is 17.9 Å². The number of sulfonamides is 1. The summed E-state index contributed by atoms with van der Waals surface area (Å²) in [6.07, 6.45) is 1.94. The van der Waals surface area contributed by atoms with Crippen LogP contribution in [0.1, 0.15) is 34.0 Å². The average Bonchev–Trinajstić information content (AvgIpc) is 2.81. The molecular formula is C26H30N2O4S. The molecule has 0 aliphatic rings. The molecule has 3 rings (SSSR count). The normalized spacial score (nSPS) is 11.1. The van der Waals surface area contributed by atoms with Crippen LogP contribution in [0.25, 0.3) is 0 Å². The molecule has 0 heterocycles. The molecule has 0 spiro atoms. The maximum atomic E-state index is 12.5. The zero-order chi connectivity index (χ0) is 23.8. The van der Waals surface area contributed by atoms with Gasteiger partial charge in [-0.25, -0.2) is 8.42 Å². The van der Waals surface area contributed by atoms with Crippen molar-refractivity contribution in [2.75, 3.05) is 23.7 Å². The summed E-state index contributed by atoms with van der Waals surface area (Å²) in [6.45, 7) is 4.92. The van der Waals surface area contributed by atoms with Crippen molar-refractivity contribution in [3.05, 3.63) is 95.1 Å². The monoisotopic (exact) mass is 466 g/mol. The smallest absolute Gasteiger partial charge is 0.251 e. The number of rotatable bonds is 10. The maximum Gasteiger partial charge on any atom is 0.251 e. The van der Waals surface area contributed by atoms with E-state index in [1.165, 1.54) is 10.6 Å². The van der Waals surface area contributed by atoms with E-state index in [2.05, 4.69) is 5.32 Å². The van der Waals surface area contributed by atoms with Gasteiger partial charge in [0, 0.05) is 5.56 Å². The topological polar surface area (TPSA) is 75.7 Å². The third-order valence-electron chi connectivity index (χ3n) is 5.32. The zero-order valence-electron chi connectivity index (χ0n) is 19.2. The summed E-state index contributed by atoms with van der Waals surface area (Å²) >= 11 is 0. The molecule has 0 saturated heterocycles. The number of nitrogens with one attached hydrogen (secondary N) is 1. The number of nitrogens with zero attached hydrogens (tertiary/aromatic N) is 1. The summed E-state index contributed by atoms with van der Waals surface area (Å²) in [4.78, 5) is 12.4. The van der Waals surface area contributed by atoms with Crippen LogP contribution < -0.4 is 14.4 Å². The summed E-state index contributed by atoms with van der Waals surface area (Å²) in [7, 11) is -3.48. The molecule has 1 N–H and O–H groups in total. The molecule has 1 amide bonds. The second-order valence-corrected chi connectivity index (χ2v) is 9.73. The van der Waals surface area contributed by atoms with Crippen LogP contribution in [-0.4, -0.2) is 33.7 Å². The minimum Gasteiger partial charge on any atom is -0.491 e. The number of carbonyl (C=O) groups excluding carboxylic acids is 1. The number of carbonyl (C=O) groups is 1. The molecule has 3 aromatic carbocycles. The van der Waals surface area contributed by atoms with Crippen molar-refractivity contribution in [2.45, 2.75) is 26.8 Å². The van der Waals surface area contributed by atoms with Crippen molar-refractivity contribution in [1.29, 1.82) is 0 Å². The summed E-state index contributed by atoms with van der Waals surface area (Å²) in [5, 5.41) is 2.84. The zero-order valence-corrected chi connectivity index (χ0v) is 20.1. The first-order valence-corrected chi connectivity index (χ1v) is 12.8. The number of hydrogen-bond donors (Lipinski definition) is 1. The van der Waals surface area contributed by atoms with E-state index >= 15 is 0 Å². The second-order valence-electron chi connectivity index (χ2n) is 7.82. The summed E-state index contributed by atoms with van der Waals surface area (Å²) in [5.74, 6) is 0.599. The number of anilines is 1. The van der Waals surface area contributed by atoms with Crippen LogP contribution in [0.15, 0.2) is 72.8 Å². The molecule has 0 radical (unpaired) electrons. The van der Waals surface area contributed by atoms with Gasteiger partial charge in [0.25, 0.3) is 5.91 Å². The first-order valence-electron chi connectivity index (χ1n) is 10.9. The Balaban J connectivity index is 1.61. The van der Waals surface area contributed by atoms with Gasteiger partial charge in [-0.15, -0.1) is 0 Å². The van der Waals surface area contributed by atoms with Crippen LogP contribution in [0.3, 0.4) is 0 Å². The standard InChI is InChI=1S/C26H30N2O4S/c1-4-22-10-6-7-11-24(22)28(33(3,30)31)19-21-13-15-23(16-14-21)26(29)27-17-18-32-25-12-8-5-9-20(25)2/h5-16H,4,17-19H2,1-3H3,(H,27,29). The van der Waals surface area contributed by atoms with Crippen LogP contribution in [-0.2, 0) is 23.0 Å². The lowest BCUT2D eigenvalue weighted by Gasteiger charge is -2.25. The lowest BCUT2D eigenvalue weighted by Crippen LogP contribution is -2.30. The van der Waals surface area contributed by atoms with Gasteiger partial charge in [-0.1, -0.05) is 55.5 Å². The largest absolute Gasteiger partial charge is 0.491 e. The minimum absolute atomic E-state index is 0.196. The lowest BCUT2D eigenvalue weighted by atomic mass is 10.1. The van der Waals surface area contributed by atoms with Gasteiger partial charge in [0.05, 0.1) is 25.0 Å². The summed E-state index contributed by atoms with van der Waals surface area (Å²) in [5.41, 5.74) is 3.99. The number of ether oxygens (including phenoxy) is 1. The van der Waals surface area contributed by atoms with Crippen molar-refractivity contribution in [3.63, 3.8) is 0 Å². The molecule has 7 heteroatoms. The van der Waals surface area contributed by atoms with Gasteiger partial charge in [-0.3, -0.25) is 9.10 Å². The van der Waals surface area contributed by atoms with Crippen LogP contribution in [0.4, 0.5) is 5.69 Å². The highest BCUT2D eigenvalue weighted by Crippen LogP contribution is 2.25. The molecule has 0 aromatic heterocycles. The van der Waals surface area contributed by atoms with Gasteiger partial charge < -0.3 is 10.1 Å². The van der Waals surface area contributed by atoms with Crippen molar-refractivity contribution in [1.82, 2.24) is 5.32 Å². The lowest BCUT2D eigenvalue weighted by molar-refractivity contribution is 0.0947. The van der Waals surface area contributed by atoms with Crippen LogP contribution >= 0.6 is 0 Å². The number of aryl methyl sites for hydroxylation is 2. The van der Waals surface area contributed by atoms with Crippen LogP contribution in [0.2, 0.25) is 0 Å². The van der Waals surface area contributed by atoms with E-state index in [0.29, 0.717) is 24.4 Å². The summed E-state index contributed by atoms with van der Waals surface area (Å²) < 4.78 is 32.1. The Hall–Kier alpha value is -3.32. The number of hydrogen-bond acceptors (Lipinski definition) is 4. The molecule has 0 bridgehead atoms. The average molecular weight is 467 g/mol. The molecule has 33 heavy (non-hydrogen) atoms. The fourth-order valence-corrected chi connectivity index (χ4v) is 4.43. The second kappa shape index (κ2) is 11.0. The van der Waals surface area contributed by atoms with E-state index in [-0.39, 0.29) is 12.5 Å². The quantitative estimate of drug-likeness (QED) is 0.451. The van der Waals surface area contributed by atoms with E-state index in [4.69, 9.17) is 4.74 Å². The predicted molar refractivity (Wildman–Crippen MR) is 132 cm³/mol. The van der Waals surface area contributed by atoms with Gasteiger partial charge >= 0.3 is 0 Å². The minimum atomic E-state index is -3.48. The maximum absolute atomic E-state index is 12.5. The molecular weight excluding hydrogens is 436 g/mol. The molecule has 174 valence electrons. The van der Waals surface area contributed by atoms with Gasteiger partial charge in [-0.2, -0.15) is 0 Å². The van der Waals surface area contributed by atoms with Gasteiger partial charge in [0.2, 0.25) is 10.0 Å². The van der Waals surface area contributed by atoms with E-state index in [9.17, 15) is 13.2 Å². The van der Waals surface area contributed by atoms with Crippen molar-refractivity contribution in [3.8, 4) is 5.75 Å². The molecule has 0 atom stereocenters. The van der Waals surface area contributed by atoms with E-state index in [0.717, 1.165) is 28.9 Å². The number of benzene rings is 3. The van der Waals surface area contributed by atoms with E-state index < -0.39 is 10.0 Å². The van der Waals surface area contributed by atoms with E-state index in [1.807, 2.05) is 62.4 Å². The highest BCUT2D eigenvalue weighted by molar-refractivity contribution is 7.92. The third kappa shape index (κ3) is 6.58. The Morgan fingerprint density at radius 3 is 2.30 bits per heavy atom. The fourth-order valence-electron chi connectivity index (χ4n) is 3.51. The Morgan fingerprint density at radius 2 is 1.64 bits per heavy atom.